The van der Waals surface area contributed by atoms with Crippen molar-refractivity contribution in [2.45, 2.75) is 58.5 Å². The van der Waals surface area contributed by atoms with Crippen molar-refractivity contribution in [1.29, 1.82) is 0 Å². The summed E-state index contributed by atoms with van der Waals surface area (Å²) in [5.74, 6) is 1.45. The van der Waals surface area contributed by atoms with Crippen LogP contribution in [0.25, 0.3) is 0 Å². The Balaban J connectivity index is 0.00000338. The molecule has 1 aromatic carbocycles. The highest BCUT2D eigenvalue weighted by molar-refractivity contribution is 14.0. The lowest BCUT2D eigenvalue weighted by Crippen LogP contribution is -2.41. The molecule has 26 heavy (non-hydrogen) atoms. The summed E-state index contributed by atoms with van der Waals surface area (Å²) in [6, 6.07) is 8.58. The predicted molar refractivity (Wildman–Crippen MR) is 120 cm³/mol. The molecule has 3 N–H and O–H groups in total. The Bertz CT molecular complexity index is 528. The van der Waals surface area contributed by atoms with Crippen LogP contribution >= 0.6 is 24.0 Å². The van der Waals surface area contributed by atoms with Gasteiger partial charge in [0.15, 0.2) is 5.96 Å². The van der Waals surface area contributed by atoms with Crippen LogP contribution in [0.1, 0.15) is 51.5 Å². The number of hydrogen-bond donors (Lipinski definition) is 2. The highest BCUT2D eigenvalue weighted by Crippen LogP contribution is 2.19. The number of guanidine groups is 1. The second-order valence-electron chi connectivity index (χ2n) is 6.66. The van der Waals surface area contributed by atoms with E-state index in [-0.39, 0.29) is 24.0 Å². The predicted octanol–water partition coefficient (Wildman–Crippen LogP) is 3.76. The molecule has 1 fully saturated rings. The van der Waals surface area contributed by atoms with E-state index >= 15 is 0 Å². The van der Waals surface area contributed by atoms with E-state index in [0.29, 0.717) is 25.2 Å². The molecule has 0 spiro atoms. The molecule has 0 saturated heterocycles. The van der Waals surface area contributed by atoms with Crippen molar-refractivity contribution in [3.63, 3.8) is 0 Å². The van der Waals surface area contributed by atoms with Crippen LogP contribution in [0.5, 0.6) is 5.75 Å². The Labute approximate surface area is 175 Å². The molecule has 6 heteroatoms. The Kier molecular flexibility index (Phi) is 11.7. The van der Waals surface area contributed by atoms with Gasteiger partial charge in [-0.25, -0.2) is 4.99 Å². The summed E-state index contributed by atoms with van der Waals surface area (Å²) < 4.78 is 5.98. The number of para-hydroxylation sites is 1. The first-order chi connectivity index (χ1) is 12.2. The quantitative estimate of drug-likeness (QED) is 0.325. The van der Waals surface area contributed by atoms with Gasteiger partial charge in [0.05, 0.1) is 6.54 Å². The van der Waals surface area contributed by atoms with E-state index in [1.54, 1.807) is 0 Å². The first-order valence-electron chi connectivity index (χ1n) is 9.72. The minimum Gasteiger partial charge on any atom is -0.492 e. The zero-order valence-corrected chi connectivity index (χ0v) is 18.6. The third-order valence-electron chi connectivity index (χ3n) is 4.91. The van der Waals surface area contributed by atoms with Gasteiger partial charge in [-0.15, -0.1) is 24.0 Å². The van der Waals surface area contributed by atoms with E-state index in [9.17, 15) is 0 Å². The molecule has 1 aliphatic rings. The summed E-state index contributed by atoms with van der Waals surface area (Å²) >= 11 is 0. The van der Waals surface area contributed by atoms with Crippen LogP contribution in [0, 0.1) is 0 Å². The molecule has 0 aliphatic heterocycles. The van der Waals surface area contributed by atoms with Gasteiger partial charge < -0.3 is 20.7 Å². The topological polar surface area (TPSA) is 62.9 Å². The van der Waals surface area contributed by atoms with Crippen LogP contribution in [-0.2, 0) is 6.54 Å². The minimum atomic E-state index is 0. The summed E-state index contributed by atoms with van der Waals surface area (Å²) in [5.41, 5.74) is 7.15. The first-order valence-corrected chi connectivity index (χ1v) is 9.72. The third-order valence-corrected chi connectivity index (χ3v) is 4.91. The first kappa shape index (κ1) is 23.0. The van der Waals surface area contributed by atoms with Crippen LogP contribution in [0.3, 0.4) is 0 Å². The van der Waals surface area contributed by atoms with Gasteiger partial charge in [-0.3, -0.25) is 0 Å². The smallest absolute Gasteiger partial charge is 0.189 e. The summed E-state index contributed by atoms with van der Waals surface area (Å²) in [6.45, 7) is 8.63. The molecule has 1 saturated carbocycles. The molecule has 0 atom stereocenters. The molecule has 2 rings (SSSR count). The fourth-order valence-corrected chi connectivity index (χ4v) is 3.27. The summed E-state index contributed by atoms with van der Waals surface area (Å²) in [5, 5.41) is 3.36. The molecule has 0 aromatic heterocycles. The maximum Gasteiger partial charge on any atom is 0.189 e. The standard InChI is InChI=1S/C20H34N4O.HI/c1-3-24(4-2)14-15-25-19-13-9-8-10-17(19)16-22-20(21)23-18-11-6-5-7-12-18;/h8-10,13,18H,3-7,11-12,14-16H2,1-2H3,(H3,21,22,23);1H. The van der Waals surface area contributed by atoms with Crippen molar-refractivity contribution in [3.05, 3.63) is 29.8 Å². The molecule has 148 valence electrons. The summed E-state index contributed by atoms with van der Waals surface area (Å²) in [4.78, 5) is 6.87. The molecule has 5 nitrogen and oxygen atoms in total. The van der Waals surface area contributed by atoms with Crippen LogP contribution in [-0.4, -0.2) is 43.1 Å². The second kappa shape index (κ2) is 13.2. The number of ether oxygens (including phenoxy) is 1. The SMILES string of the molecule is CCN(CC)CCOc1ccccc1CN=C(N)NC1CCCCC1.I. The van der Waals surface area contributed by atoms with Gasteiger partial charge in [-0.1, -0.05) is 51.3 Å². The average Bonchev–Trinajstić information content (AvgIpc) is 2.65. The van der Waals surface area contributed by atoms with E-state index in [0.717, 1.165) is 30.9 Å². The molecule has 0 radical (unpaired) electrons. The summed E-state index contributed by atoms with van der Waals surface area (Å²) in [6.07, 6.45) is 6.30. The fraction of sp³-hybridized carbons (Fsp3) is 0.650. The average molecular weight is 474 g/mol. The highest BCUT2D eigenvalue weighted by atomic mass is 127. The van der Waals surface area contributed by atoms with Gasteiger partial charge in [0.25, 0.3) is 0 Å². The number of rotatable bonds is 9. The Morgan fingerprint density at radius 2 is 1.88 bits per heavy atom. The van der Waals surface area contributed by atoms with Crippen LogP contribution in [0.4, 0.5) is 0 Å². The number of hydrogen-bond acceptors (Lipinski definition) is 3. The maximum absolute atomic E-state index is 6.07. The normalized spacial score (nSPS) is 15.6. The molecule has 0 heterocycles. The lowest BCUT2D eigenvalue weighted by molar-refractivity contribution is 0.221. The Morgan fingerprint density at radius 3 is 2.58 bits per heavy atom. The van der Waals surface area contributed by atoms with Gasteiger partial charge in [0.2, 0.25) is 0 Å². The minimum absolute atomic E-state index is 0. The van der Waals surface area contributed by atoms with Crippen molar-refractivity contribution in [1.82, 2.24) is 10.2 Å². The zero-order chi connectivity index (χ0) is 17.9. The van der Waals surface area contributed by atoms with E-state index in [2.05, 4.69) is 35.1 Å². The van der Waals surface area contributed by atoms with E-state index in [4.69, 9.17) is 10.5 Å². The van der Waals surface area contributed by atoms with E-state index in [1.165, 1.54) is 32.1 Å². The van der Waals surface area contributed by atoms with Gasteiger partial charge in [-0.05, 0) is 32.0 Å². The van der Waals surface area contributed by atoms with E-state index < -0.39 is 0 Å². The van der Waals surface area contributed by atoms with Crippen LogP contribution in [0.15, 0.2) is 29.3 Å². The van der Waals surface area contributed by atoms with Crippen LogP contribution < -0.4 is 15.8 Å². The summed E-state index contributed by atoms with van der Waals surface area (Å²) in [7, 11) is 0. The maximum atomic E-state index is 6.07. The molecule has 0 bridgehead atoms. The van der Waals surface area contributed by atoms with Gasteiger partial charge in [0, 0.05) is 18.2 Å². The zero-order valence-electron chi connectivity index (χ0n) is 16.2. The van der Waals surface area contributed by atoms with Gasteiger partial charge >= 0.3 is 0 Å². The number of aliphatic imine (C=N–C) groups is 1. The number of nitrogens with one attached hydrogen (secondary N) is 1. The van der Waals surface area contributed by atoms with Crippen molar-refractivity contribution in [2.24, 2.45) is 10.7 Å². The molecule has 1 aliphatic carbocycles. The second-order valence-corrected chi connectivity index (χ2v) is 6.66. The number of halogens is 1. The molecule has 1 aromatic rings. The van der Waals surface area contributed by atoms with Crippen LogP contribution in [0.2, 0.25) is 0 Å². The Morgan fingerprint density at radius 1 is 1.19 bits per heavy atom. The molecule has 0 unspecified atom stereocenters. The third kappa shape index (κ3) is 8.12. The van der Waals surface area contributed by atoms with Crippen molar-refractivity contribution >= 4 is 29.9 Å². The fourth-order valence-electron chi connectivity index (χ4n) is 3.27. The monoisotopic (exact) mass is 474 g/mol. The number of likely N-dealkylation sites (N-methyl/N-ethyl adjacent to an activating group) is 1. The lowest BCUT2D eigenvalue weighted by atomic mass is 9.96. The Hall–Kier alpha value is -1.02. The van der Waals surface area contributed by atoms with Crippen molar-refractivity contribution in [3.8, 4) is 5.75 Å². The van der Waals surface area contributed by atoms with E-state index in [1.807, 2.05) is 18.2 Å². The largest absolute Gasteiger partial charge is 0.492 e. The molecule has 0 amide bonds. The molecular weight excluding hydrogens is 439 g/mol. The number of nitrogens with two attached hydrogens (primary N) is 1. The van der Waals surface area contributed by atoms with Crippen molar-refractivity contribution < 1.29 is 4.74 Å². The number of benzene rings is 1. The number of nitrogens with zero attached hydrogens (tertiary/aromatic N) is 2. The highest BCUT2D eigenvalue weighted by Gasteiger charge is 2.13. The van der Waals surface area contributed by atoms with Gasteiger partial charge in [-0.2, -0.15) is 0 Å². The van der Waals surface area contributed by atoms with Gasteiger partial charge in [0.1, 0.15) is 12.4 Å². The molecular formula is C20H35IN4O. The van der Waals surface area contributed by atoms with Crippen molar-refractivity contribution in [2.75, 3.05) is 26.2 Å². The lowest BCUT2D eigenvalue weighted by Gasteiger charge is -2.23.